The van der Waals surface area contributed by atoms with Gasteiger partial charge in [0.05, 0.1) is 5.01 Å². The van der Waals surface area contributed by atoms with Gasteiger partial charge in [0.15, 0.2) is 0 Å². The van der Waals surface area contributed by atoms with E-state index in [0.717, 1.165) is 25.1 Å². The first kappa shape index (κ1) is 14.9. The van der Waals surface area contributed by atoms with Gasteiger partial charge in [-0.3, -0.25) is 0 Å². The van der Waals surface area contributed by atoms with Crippen molar-refractivity contribution in [2.24, 2.45) is 0 Å². The minimum Gasteiger partial charge on any atom is -0.309 e. The molecule has 3 heterocycles. The van der Waals surface area contributed by atoms with Gasteiger partial charge in [0, 0.05) is 46.3 Å². The van der Waals surface area contributed by atoms with Gasteiger partial charge >= 0.3 is 0 Å². The number of thiazole rings is 1. The number of rotatable bonds is 7. The SMILES string of the molecule is Cc1csc(CCNC(Cc2cccs2)c2cccs2)n1. The van der Waals surface area contributed by atoms with Crippen molar-refractivity contribution in [3.63, 3.8) is 0 Å². The Bertz CT molecular complexity index is 641. The molecule has 0 saturated heterocycles. The van der Waals surface area contributed by atoms with Crippen molar-refractivity contribution in [2.75, 3.05) is 6.54 Å². The highest BCUT2D eigenvalue weighted by molar-refractivity contribution is 7.10. The topological polar surface area (TPSA) is 24.9 Å². The average Bonchev–Trinajstić information content (AvgIpc) is 3.19. The molecule has 3 aromatic rings. The third-order valence-corrected chi connectivity index (χ3v) is 6.18. The molecule has 0 amide bonds. The van der Waals surface area contributed by atoms with E-state index in [1.165, 1.54) is 14.8 Å². The van der Waals surface area contributed by atoms with E-state index in [2.05, 4.69) is 57.6 Å². The van der Waals surface area contributed by atoms with Gasteiger partial charge in [-0.05, 0) is 29.8 Å². The molecule has 5 heteroatoms. The maximum Gasteiger partial charge on any atom is 0.0940 e. The molecule has 0 aliphatic heterocycles. The van der Waals surface area contributed by atoms with Crippen LogP contribution < -0.4 is 5.32 Å². The molecule has 1 unspecified atom stereocenters. The fraction of sp³-hybridized carbons (Fsp3) is 0.312. The minimum atomic E-state index is 0.407. The van der Waals surface area contributed by atoms with Crippen molar-refractivity contribution in [3.8, 4) is 0 Å². The first-order valence-corrected chi connectivity index (χ1v) is 9.65. The highest BCUT2D eigenvalue weighted by Crippen LogP contribution is 2.25. The molecule has 3 aromatic heterocycles. The van der Waals surface area contributed by atoms with Crippen LogP contribution >= 0.6 is 34.0 Å². The zero-order valence-corrected chi connectivity index (χ0v) is 14.4. The summed E-state index contributed by atoms with van der Waals surface area (Å²) in [4.78, 5) is 7.38. The van der Waals surface area contributed by atoms with Crippen molar-refractivity contribution >= 4 is 34.0 Å². The Morgan fingerprint density at radius 3 is 2.67 bits per heavy atom. The predicted molar refractivity (Wildman–Crippen MR) is 93.6 cm³/mol. The Kier molecular flexibility index (Phi) is 5.19. The van der Waals surface area contributed by atoms with E-state index < -0.39 is 0 Å². The van der Waals surface area contributed by atoms with Crippen molar-refractivity contribution in [3.05, 3.63) is 60.9 Å². The van der Waals surface area contributed by atoms with Crippen LogP contribution in [0.5, 0.6) is 0 Å². The molecule has 110 valence electrons. The largest absolute Gasteiger partial charge is 0.309 e. The molecule has 3 rings (SSSR count). The van der Waals surface area contributed by atoms with E-state index in [4.69, 9.17) is 0 Å². The molecular formula is C16H18N2S3. The fourth-order valence-corrected chi connectivity index (χ4v) is 4.59. The van der Waals surface area contributed by atoms with Crippen LogP contribution in [0.25, 0.3) is 0 Å². The van der Waals surface area contributed by atoms with Crippen LogP contribution in [0.1, 0.15) is 26.5 Å². The summed E-state index contributed by atoms with van der Waals surface area (Å²) in [5.41, 5.74) is 1.13. The number of aromatic nitrogens is 1. The highest BCUT2D eigenvalue weighted by Gasteiger charge is 2.13. The monoisotopic (exact) mass is 334 g/mol. The van der Waals surface area contributed by atoms with Crippen LogP contribution in [0.3, 0.4) is 0 Å². The van der Waals surface area contributed by atoms with E-state index in [0.29, 0.717) is 6.04 Å². The lowest BCUT2D eigenvalue weighted by atomic mass is 10.1. The second-order valence-electron chi connectivity index (χ2n) is 4.94. The average molecular weight is 335 g/mol. The number of nitrogens with one attached hydrogen (secondary N) is 1. The lowest BCUT2D eigenvalue weighted by Gasteiger charge is -2.16. The second kappa shape index (κ2) is 7.31. The maximum absolute atomic E-state index is 4.53. The van der Waals surface area contributed by atoms with Crippen LogP contribution in [0.4, 0.5) is 0 Å². The number of aryl methyl sites for hydroxylation is 1. The zero-order chi connectivity index (χ0) is 14.5. The van der Waals surface area contributed by atoms with Gasteiger partial charge in [-0.25, -0.2) is 4.98 Å². The number of nitrogens with zero attached hydrogens (tertiary/aromatic N) is 1. The van der Waals surface area contributed by atoms with Gasteiger partial charge in [-0.1, -0.05) is 12.1 Å². The van der Waals surface area contributed by atoms with E-state index in [1.807, 2.05) is 22.7 Å². The van der Waals surface area contributed by atoms with E-state index in [9.17, 15) is 0 Å². The molecule has 21 heavy (non-hydrogen) atoms. The summed E-state index contributed by atoms with van der Waals surface area (Å²) >= 11 is 5.43. The van der Waals surface area contributed by atoms with E-state index in [1.54, 1.807) is 11.3 Å². The first-order valence-electron chi connectivity index (χ1n) is 7.01. The molecule has 0 aliphatic rings. The molecule has 0 aliphatic carbocycles. The van der Waals surface area contributed by atoms with Crippen molar-refractivity contribution in [1.29, 1.82) is 0 Å². The fourth-order valence-electron chi connectivity index (χ4n) is 2.26. The lowest BCUT2D eigenvalue weighted by Crippen LogP contribution is -2.24. The standard InChI is InChI=1S/C16H18N2S3/c1-12-11-21-16(18-12)6-7-17-14(15-5-3-9-20-15)10-13-4-2-8-19-13/h2-5,8-9,11,14,17H,6-7,10H2,1H3. The van der Waals surface area contributed by atoms with Crippen LogP contribution in [0.15, 0.2) is 40.4 Å². The number of hydrogen-bond donors (Lipinski definition) is 1. The van der Waals surface area contributed by atoms with Crippen LogP contribution in [-0.2, 0) is 12.8 Å². The first-order chi connectivity index (χ1) is 10.3. The normalized spacial score (nSPS) is 12.6. The van der Waals surface area contributed by atoms with Crippen molar-refractivity contribution < 1.29 is 0 Å². The molecule has 1 N–H and O–H groups in total. The summed E-state index contributed by atoms with van der Waals surface area (Å²) in [6, 6.07) is 9.11. The quantitative estimate of drug-likeness (QED) is 0.678. The van der Waals surface area contributed by atoms with Gasteiger partial charge in [0.2, 0.25) is 0 Å². The molecule has 0 aromatic carbocycles. The molecule has 0 fully saturated rings. The molecule has 0 radical (unpaired) electrons. The second-order valence-corrected chi connectivity index (χ2v) is 7.89. The molecule has 1 atom stereocenters. The van der Waals surface area contributed by atoms with Gasteiger partial charge in [0.1, 0.15) is 0 Å². The molecule has 0 saturated carbocycles. The molecule has 2 nitrogen and oxygen atoms in total. The Balaban J connectivity index is 1.59. The molecule has 0 bridgehead atoms. The number of thiophene rings is 2. The van der Waals surface area contributed by atoms with Gasteiger partial charge < -0.3 is 5.32 Å². The van der Waals surface area contributed by atoms with Crippen molar-refractivity contribution in [1.82, 2.24) is 10.3 Å². The van der Waals surface area contributed by atoms with Gasteiger partial charge in [-0.15, -0.1) is 34.0 Å². The lowest BCUT2D eigenvalue weighted by molar-refractivity contribution is 0.544. The number of hydrogen-bond acceptors (Lipinski definition) is 5. The highest BCUT2D eigenvalue weighted by atomic mass is 32.1. The smallest absolute Gasteiger partial charge is 0.0940 e. The predicted octanol–water partition coefficient (Wildman–Crippen LogP) is 4.69. The Morgan fingerprint density at radius 2 is 2.00 bits per heavy atom. The third kappa shape index (κ3) is 4.23. The summed E-state index contributed by atoms with van der Waals surface area (Å²) in [7, 11) is 0. The minimum absolute atomic E-state index is 0.407. The summed E-state index contributed by atoms with van der Waals surface area (Å²) in [5, 5.41) is 11.4. The Hall–Kier alpha value is -1.01. The van der Waals surface area contributed by atoms with Gasteiger partial charge in [0.25, 0.3) is 0 Å². The zero-order valence-electron chi connectivity index (χ0n) is 11.9. The summed E-state index contributed by atoms with van der Waals surface area (Å²) in [6.07, 6.45) is 2.07. The maximum atomic E-state index is 4.53. The van der Waals surface area contributed by atoms with Crippen LogP contribution in [0.2, 0.25) is 0 Å². The Labute approximate surface area is 137 Å². The van der Waals surface area contributed by atoms with E-state index >= 15 is 0 Å². The summed E-state index contributed by atoms with van der Waals surface area (Å²) in [6.45, 7) is 3.03. The Morgan fingerprint density at radius 1 is 1.14 bits per heavy atom. The van der Waals surface area contributed by atoms with Crippen LogP contribution in [-0.4, -0.2) is 11.5 Å². The summed E-state index contributed by atoms with van der Waals surface area (Å²) in [5.74, 6) is 0. The molecular weight excluding hydrogens is 316 g/mol. The van der Waals surface area contributed by atoms with E-state index in [-0.39, 0.29) is 0 Å². The van der Waals surface area contributed by atoms with Crippen molar-refractivity contribution in [2.45, 2.75) is 25.8 Å². The van der Waals surface area contributed by atoms with Crippen LogP contribution in [0, 0.1) is 6.92 Å². The third-order valence-electron chi connectivity index (χ3n) is 3.27. The molecule has 0 spiro atoms. The summed E-state index contributed by atoms with van der Waals surface area (Å²) < 4.78 is 0. The van der Waals surface area contributed by atoms with Gasteiger partial charge in [-0.2, -0.15) is 0 Å².